The van der Waals surface area contributed by atoms with Gasteiger partial charge in [-0.15, -0.1) is 0 Å². The summed E-state index contributed by atoms with van der Waals surface area (Å²) in [5, 5.41) is 4.09. The molecular weight excluding hydrogens is 406 g/mol. The topological polar surface area (TPSA) is 100 Å². The molecule has 0 radical (unpaired) electrons. The second kappa shape index (κ2) is 8.85. The molecule has 3 heterocycles. The summed E-state index contributed by atoms with van der Waals surface area (Å²) in [7, 11) is -2.31. The van der Waals surface area contributed by atoms with Crippen LogP contribution < -0.4 is 4.74 Å². The van der Waals surface area contributed by atoms with Crippen molar-refractivity contribution in [1.29, 1.82) is 0 Å². The number of Topliss-reactive ketones (excluding diaryl/α,β-unsaturated/α-hetero) is 1. The zero-order chi connectivity index (χ0) is 22.1. The molecule has 30 heavy (non-hydrogen) atoms. The molecule has 8 nitrogen and oxygen atoms in total. The van der Waals surface area contributed by atoms with Gasteiger partial charge in [-0.2, -0.15) is 5.10 Å². The highest BCUT2D eigenvalue weighted by atomic mass is 32.2. The van der Waals surface area contributed by atoms with E-state index >= 15 is 0 Å². The van der Waals surface area contributed by atoms with E-state index in [-0.39, 0.29) is 47.5 Å². The molecule has 2 aromatic heterocycles. The first-order chi connectivity index (χ1) is 14.1. The molecule has 1 unspecified atom stereocenters. The molecule has 0 aromatic carbocycles. The second-order valence-corrected chi connectivity index (χ2v) is 10.2. The summed E-state index contributed by atoms with van der Waals surface area (Å²) in [5.74, 6) is -0.374. The molecule has 0 saturated carbocycles. The van der Waals surface area contributed by atoms with Crippen molar-refractivity contribution >= 4 is 15.6 Å². The Labute approximate surface area is 177 Å². The average molecular weight is 436 g/mol. The Morgan fingerprint density at radius 2 is 1.87 bits per heavy atom. The van der Waals surface area contributed by atoms with Gasteiger partial charge >= 0.3 is 0 Å². The van der Waals surface area contributed by atoms with Crippen LogP contribution in [0.15, 0.2) is 23.2 Å². The summed E-state index contributed by atoms with van der Waals surface area (Å²) >= 11 is 0. The van der Waals surface area contributed by atoms with E-state index in [4.69, 9.17) is 9.47 Å². The minimum atomic E-state index is -3.87. The van der Waals surface area contributed by atoms with Gasteiger partial charge in [0.1, 0.15) is 23.4 Å². The summed E-state index contributed by atoms with van der Waals surface area (Å²) in [6.45, 7) is 8.81. The predicted octanol–water partition coefficient (Wildman–Crippen LogP) is 2.52. The van der Waals surface area contributed by atoms with E-state index in [2.05, 4.69) is 10.1 Å². The highest BCUT2D eigenvalue weighted by Crippen LogP contribution is 2.28. The predicted molar refractivity (Wildman–Crippen MR) is 112 cm³/mol. The van der Waals surface area contributed by atoms with Crippen LogP contribution >= 0.6 is 0 Å². The average Bonchev–Trinajstić information content (AvgIpc) is 3.11. The number of ketones is 1. The number of hydrogen-bond acceptors (Lipinski definition) is 7. The second-order valence-electron chi connectivity index (χ2n) is 8.27. The fourth-order valence-electron chi connectivity index (χ4n) is 3.30. The molecule has 3 rings (SSSR count). The van der Waals surface area contributed by atoms with Crippen LogP contribution in [0.4, 0.5) is 0 Å². The maximum absolute atomic E-state index is 12.9. The van der Waals surface area contributed by atoms with Gasteiger partial charge in [0.25, 0.3) is 0 Å². The van der Waals surface area contributed by atoms with Crippen LogP contribution in [0.25, 0.3) is 0 Å². The van der Waals surface area contributed by atoms with E-state index in [1.807, 2.05) is 39.8 Å². The molecule has 1 aliphatic heterocycles. The van der Waals surface area contributed by atoms with Crippen molar-refractivity contribution in [3.63, 3.8) is 0 Å². The lowest BCUT2D eigenvalue weighted by atomic mass is 10.00. The minimum absolute atomic E-state index is 0.0390. The van der Waals surface area contributed by atoms with Gasteiger partial charge in [0.2, 0.25) is 5.88 Å². The number of nitrogens with zero attached hydrogens (tertiary/aromatic N) is 3. The van der Waals surface area contributed by atoms with Gasteiger partial charge in [0.15, 0.2) is 15.6 Å². The maximum atomic E-state index is 12.9. The van der Waals surface area contributed by atoms with E-state index in [0.29, 0.717) is 6.54 Å². The Balaban J connectivity index is 1.78. The third kappa shape index (κ3) is 4.89. The third-order valence-electron chi connectivity index (χ3n) is 5.07. The molecule has 0 aliphatic carbocycles. The van der Waals surface area contributed by atoms with Gasteiger partial charge in [-0.05, 0) is 29.5 Å². The van der Waals surface area contributed by atoms with Gasteiger partial charge in [-0.3, -0.25) is 9.78 Å². The number of carbonyl (C=O) groups excluding carboxylic acids is 1. The number of hydrogen-bond donors (Lipinski definition) is 0. The van der Waals surface area contributed by atoms with Crippen molar-refractivity contribution in [2.24, 2.45) is 0 Å². The number of ether oxygens (including phenoxy) is 2. The highest BCUT2D eigenvalue weighted by Gasteiger charge is 2.31. The van der Waals surface area contributed by atoms with Gasteiger partial charge in [-0.1, -0.05) is 27.7 Å². The molecule has 0 N–H and O–H groups in total. The molecule has 164 valence electrons. The summed E-state index contributed by atoms with van der Waals surface area (Å²) in [6, 6.07) is 3.77. The van der Waals surface area contributed by atoms with Gasteiger partial charge in [0, 0.05) is 24.9 Å². The molecule has 1 aliphatic rings. The summed E-state index contributed by atoms with van der Waals surface area (Å²) in [6.07, 6.45) is 1.10. The molecule has 0 amide bonds. The zero-order valence-corrected chi connectivity index (χ0v) is 18.9. The molecule has 0 saturated heterocycles. The number of rotatable bonds is 8. The molecule has 0 spiro atoms. The Morgan fingerprint density at radius 3 is 2.43 bits per heavy atom. The number of carbonyl (C=O) groups is 1. The van der Waals surface area contributed by atoms with Crippen LogP contribution in [0.3, 0.4) is 0 Å². The monoisotopic (exact) mass is 435 g/mol. The molecular formula is C21H29N3O5S. The fraction of sp³-hybridized carbons (Fsp3) is 0.571. The molecule has 9 heteroatoms. The fourth-order valence-corrected chi connectivity index (χ4v) is 4.62. The Bertz CT molecular complexity index is 1000. The van der Waals surface area contributed by atoms with Crippen molar-refractivity contribution < 1.29 is 22.7 Å². The number of sulfone groups is 1. The largest absolute Gasteiger partial charge is 0.474 e. The lowest BCUT2D eigenvalue weighted by Gasteiger charge is -2.23. The van der Waals surface area contributed by atoms with Crippen molar-refractivity contribution in [3.8, 4) is 5.88 Å². The Hall–Kier alpha value is -2.26. The third-order valence-corrected chi connectivity index (χ3v) is 6.72. The lowest BCUT2D eigenvalue weighted by Crippen LogP contribution is -2.32. The molecule has 2 aromatic rings. The highest BCUT2D eigenvalue weighted by molar-refractivity contribution is 7.92. The van der Waals surface area contributed by atoms with Crippen molar-refractivity contribution in [2.75, 3.05) is 19.5 Å². The first kappa shape index (κ1) is 22.4. The quantitative estimate of drug-likeness (QED) is 0.628. The summed E-state index contributed by atoms with van der Waals surface area (Å²) in [5.41, 5.74) is 2.59. The summed E-state index contributed by atoms with van der Waals surface area (Å²) in [4.78, 5) is 17.3. The van der Waals surface area contributed by atoms with E-state index < -0.39 is 15.6 Å². The SMILES string of the molecule is COC1COc2c(S(=O)(=O)CC(=O)Cc3cc(C(C)C)nc(C(C)C)c3)cnn2C1. The first-order valence-electron chi connectivity index (χ1n) is 10.1. The minimum Gasteiger partial charge on any atom is -0.474 e. The smallest absolute Gasteiger partial charge is 0.231 e. The Morgan fingerprint density at radius 1 is 1.23 bits per heavy atom. The van der Waals surface area contributed by atoms with Crippen molar-refractivity contribution in [2.45, 2.75) is 63.5 Å². The van der Waals surface area contributed by atoms with Crippen LogP contribution in [-0.2, 0) is 32.3 Å². The van der Waals surface area contributed by atoms with Gasteiger partial charge in [0.05, 0.1) is 12.7 Å². The number of pyridine rings is 1. The molecule has 0 fully saturated rings. The standard InChI is InChI=1S/C21H29N3O5S/c1-13(2)18-7-15(8-19(23-18)14(3)4)6-16(25)12-30(26,27)20-9-22-24-10-17(28-5)11-29-21(20)24/h7-9,13-14,17H,6,10-12H2,1-5H3. The maximum Gasteiger partial charge on any atom is 0.231 e. The van der Waals surface area contributed by atoms with Crippen LogP contribution in [0, 0.1) is 0 Å². The van der Waals surface area contributed by atoms with E-state index in [1.165, 1.54) is 10.9 Å². The van der Waals surface area contributed by atoms with E-state index in [9.17, 15) is 13.2 Å². The lowest BCUT2D eigenvalue weighted by molar-refractivity contribution is -0.116. The molecule has 0 bridgehead atoms. The van der Waals surface area contributed by atoms with Gasteiger partial charge < -0.3 is 9.47 Å². The summed E-state index contributed by atoms with van der Waals surface area (Å²) < 4.78 is 38.0. The van der Waals surface area contributed by atoms with Crippen LogP contribution in [0.5, 0.6) is 5.88 Å². The van der Waals surface area contributed by atoms with Crippen molar-refractivity contribution in [1.82, 2.24) is 14.8 Å². The number of methoxy groups -OCH3 is 1. The van der Waals surface area contributed by atoms with Crippen molar-refractivity contribution in [3.05, 3.63) is 35.3 Å². The first-order valence-corrected chi connectivity index (χ1v) is 11.7. The normalized spacial score (nSPS) is 16.6. The Kier molecular flexibility index (Phi) is 6.62. The van der Waals surface area contributed by atoms with Gasteiger partial charge in [-0.25, -0.2) is 13.1 Å². The number of fused-ring (bicyclic) bond motifs is 1. The van der Waals surface area contributed by atoms with Crippen LogP contribution in [0.1, 0.15) is 56.5 Å². The number of aromatic nitrogens is 3. The van der Waals surface area contributed by atoms with E-state index in [1.54, 1.807) is 7.11 Å². The zero-order valence-electron chi connectivity index (χ0n) is 18.1. The van der Waals surface area contributed by atoms with Crippen LogP contribution in [0.2, 0.25) is 0 Å². The molecule has 1 atom stereocenters. The van der Waals surface area contributed by atoms with E-state index in [0.717, 1.165) is 17.0 Å². The van der Waals surface area contributed by atoms with Crippen LogP contribution in [-0.4, -0.2) is 54.5 Å².